The standard InChI is InChI=1S/C33H33NO5/c1-3-37-29-17-11-10-16-26(29)31-30(33(36)39-19-18-38-25-14-8-5-9-15-25)22(2)34-27-20-24(21-28(35)32(27)31)23-12-6-4-7-13-23/h4-17,24,31,34H,3,18-21H2,1-2H3. The number of carbonyl (C=O) groups is 2. The topological polar surface area (TPSA) is 73.9 Å². The van der Waals surface area contributed by atoms with Crippen molar-refractivity contribution >= 4 is 11.8 Å². The predicted molar refractivity (Wildman–Crippen MR) is 150 cm³/mol. The van der Waals surface area contributed by atoms with Crippen molar-refractivity contribution < 1.29 is 23.8 Å². The van der Waals surface area contributed by atoms with E-state index in [2.05, 4.69) is 17.4 Å². The van der Waals surface area contributed by atoms with Gasteiger partial charge in [-0.05, 0) is 49.9 Å². The first kappa shape index (κ1) is 26.3. The molecule has 0 radical (unpaired) electrons. The summed E-state index contributed by atoms with van der Waals surface area (Å²) < 4.78 is 17.3. The number of hydrogen-bond acceptors (Lipinski definition) is 6. The van der Waals surface area contributed by atoms with Gasteiger partial charge in [0.2, 0.25) is 0 Å². The largest absolute Gasteiger partial charge is 0.494 e. The van der Waals surface area contributed by atoms with Crippen molar-refractivity contribution in [2.45, 2.75) is 38.5 Å². The average molecular weight is 524 g/mol. The molecule has 200 valence electrons. The number of hydrogen-bond donors (Lipinski definition) is 1. The Hall–Kier alpha value is -4.32. The highest BCUT2D eigenvalue weighted by molar-refractivity contribution is 6.04. The number of ether oxygens (including phenoxy) is 3. The van der Waals surface area contributed by atoms with Crippen LogP contribution in [0.3, 0.4) is 0 Å². The van der Waals surface area contributed by atoms with Crippen LogP contribution in [0, 0.1) is 0 Å². The van der Waals surface area contributed by atoms with Crippen LogP contribution in [-0.4, -0.2) is 31.6 Å². The van der Waals surface area contributed by atoms with Gasteiger partial charge in [0.05, 0.1) is 18.1 Å². The van der Waals surface area contributed by atoms with E-state index >= 15 is 0 Å². The van der Waals surface area contributed by atoms with E-state index < -0.39 is 11.9 Å². The summed E-state index contributed by atoms with van der Waals surface area (Å²) in [7, 11) is 0. The Balaban J connectivity index is 1.45. The van der Waals surface area contributed by atoms with Gasteiger partial charge in [-0.15, -0.1) is 0 Å². The molecule has 0 fully saturated rings. The van der Waals surface area contributed by atoms with Gasteiger partial charge < -0.3 is 19.5 Å². The number of carbonyl (C=O) groups excluding carboxylic acids is 2. The molecule has 0 aromatic heterocycles. The molecule has 0 saturated heterocycles. The molecular formula is C33H33NO5. The molecule has 0 spiro atoms. The Morgan fingerprint density at radius 2 is 1.56 bits per heavy atom. The number of esters is 1. The first-order valence-corrected chi connectivity index (χ1v) is 13.4. The van der Waals surface area contributed by atoms with Crippen molar-refractivity contribution in [3.63, 3.8) is 0 Å². The summed E-state index contributed by atoms with van der Waals surface area (Å²) in [4.78, 5) is 27.4. The van der Waals surface area contributed by atoms with E-state index in [-0.39, 0.29) is 24.9 Å². The van der Waals surface area contributed by atoms with Crippen molar-refractivity contribution in [2.24, 2.45) is 0 Å². The third-order valence-electron chi connectivity index (χ3n) is 7.18. The van der Waals surface area contributed by atoms with Crippen LogP contribution in [0.15, 0.2) is 107 Å². The van der Waals surface area contributed by atoms with E-state index in [0.717, 1.165) is 16.8 Å². The molecule has 1 heterocycles. The molecule has 3 aromatic carbocycles. The van der Waals surface area contributed by atoms with E-state index in [4.69, 9.17) is 14.2 Å². The Morgan fingerprint density at radius 3 is 2.31 bits per heavy atom. The number of allylic oxidation sites excluding steroid dienone is 3. The highest BCUT2D eigenvalue weighted by atomic mass is 16.6. The van der Waals surface area contributed by atoms with Gasteiger partial charge in [0.15, 0.2) is 5.78 Å². The van der Waals surface area contributed by atoms with Gasteiger partial charge in [-0.3, -0.25) is 4.79 Å². The van der Waals surface area contributed by atoms with Gasteiger partial charge in [0.25, 0.3) is 0 Å². The molecule has 39 heavy (non-hydrogen) atoms. The summed E-state index contributed by atoms with van der Waals surface area (Å²) >= 11 is 0. The SMILES string of the molecule is CCOc1ccccc1C1C(C(=O)OCCOc2ccccc2)=C(C)NC2=C1C(=O)CC(c1ccccc1)C2. The second-order valence-corrected chi connectivity index (χ2v) is 9.70. The second-order valence-electron chi connectivity index (χ2n) is 9.70. The molecule has 1 aliphatic carbocycles. The van der Waals surface area contributed by atoms with E-state index in [9.17, 15) is 9.59 Å². The van der Waals surface area contributed by atoms with Gasteiger partial charge in [-0.25, -0.2) is 4.79 Å². The minimum Gasteiger partial charge on any atom is -0.494 e. The number of nitrogens with one attached hydrogen (secondary N) is 1. The van der Waals surface area contributed by atoms with Crippen molar-refractivity contribution in [1.82, 2.24) is 5.32 Å². The van der Waals surface area contributed by atoms with Crippen LogP contribution in [0.2, 0.25) is 0 Å². The number of Topliss-reactive ketones (excluding diaryl/α,β-unsaturated/α-hetero) is 1. The molecule has 6 nitrogen and oxygen atoms in total. The maximum Gasteiger partial charge on any atom is 0.336 e. The van der Waals surface area contributed by atoms with Crippen molar-refractivity contribution in [1.29, 1.82) is 0 Å². The zero-order chi connectivity index (χ0) is 27.2. The Kier molecular flexibility index (Phi) is 8.11. The van der Waals surface area contributed by atoms with Crippen LogP contribution in [0.1, 0.15) is 49.7 Å². The lowest BCUT2D eigenvalue weighted by Gasteiger charge is -2.37. The molecular weight excluding hydrogens is 490 g/mol. The van der Waals surface area contributed by atoms with E-state index in [1.807, 2.05) is 86.6 Å². The number of para-hydroxylation sites is 2. The number of rotatable bonds is 9. The van der Waals surface area contributed by atoms with Crippen LogP contribution >= 0.6 is 0 Å². The number of ketones is 1. The third kappa shape index (κ3) is 5.75. The van der Waals surface area contributed by atoms with Crippen LogP contribution in [0.5, 0.6) is 11.5 Å². The van der Waals surface area contributed by atoms with Gasteiger partial charge in [-0.2, -0.15) is 0 Å². The van der Waals surface area contributed by atoms with Crippen LogP contribution in [-0.2, 0) is 14.3 Å². The molecule has 5 rings (SSSR count). The van der Waals surface area contributed by atoms with Gasteiger partial charge in [-0.1, -0.05) is 66.7 Å². The van der Waals surface area contributed by atoms with Crippen LogP contribution in [0.4, 0.5) is 0 Å². The summed E-state index contributed by atoms with van der Waals surface area (Å²) in [5.41, 5.74) is 4.50. The van der Waals surface area contributed by atoms with Crippen molar-refractivity contribution in [2.75, 3.05) is 19.8 Å². The summed E-state index contributed by atoms with van der Waals surface area (Å²) in [5, 5.41) is 3.41. The van der Waals surface area contributed by atoms with Crippen LogP contribution < -0.4 is 14.8 Å². The van der Waals surface area contributed by atoms with Crippen LogP contribution in [0.25, 0.3) is 0 Å². The Bertz CT molecular complexity index is 1390. The van der Waals surface area contributed by atoms with E-state index in [1.165, 1.54) is 0 Å². The average Bonchev–Trinajstić information content (AvgIpc) is 2.96. The summed E-state index contributed by atoms with van der Waals surface area (Å²) in [6, 6.07) is 27.1. The lowest BCUT2D eigenvalue weighted by atomic mass is 9.71. The zero-order valence-electron chi connectivity index (χ0n) is 22.3. The van der Waals surface area contributed by atoms with Gasteiger partial charge >= 0.3 is 5.97 Å². The summed E-state index contributed by atoms with van der Waals surface area (Å²) in [5.74, 6) is 0.404. The quantitative estimate of drug-likeness (QED) is 0.271. The minimum absolute atomic E-state index is 0.0270. The Labute approximate surface area is 229 Å². The van der Waals surface area contributed by atoms with E-state index in [1.54, 1.807) is 0 Å². The number of dihydropyridines is 1. The smallest absolute Gasteiger partial charge is 0.336 e. The van der Waals surface area contributed by atoms with E-state index in [0.29, 0.717) is 47.8 Å². The molecule has 1 N–H and O–H groups in total. The fourth-order valence-corrected chi connectivity index (χ4v) is 5.48. The lowest BCUT2D eigenvalue weighted by Crippen LogP contribution is -2.36. The zero-order valence-corrected chi connectivity index (χ0v) is 22.3. The van der Waals surface area contributed by atoms with Crippen molar-refractivity contribution in [3.05, 3.63) is 119 Å². The highest BCUT2D eigenvalue weighted by Gasteiger charge is 2.42. The maximum absolute atomic E-state index is 13.8. The fraction of sp³-hybridized carbons (Fsp3) is 0.273. The predicted octanol–water partition coefficient (Wildman–Crippen LogP) is 6.07. The molecule has 2 aliphatic rings. The molecule has 0 amide bonds. The molecule has 3 aromatic rings. The molecule has 2 unspecified atom stereocenters. The first-order valence-electron chi connectivity index (χ1n) is 13.4. The molecule has 2 atom stereocenters. The fourth-order valence-electron chi connectivity index (χ4n) is 5.48. The second kappa shape index (κ2) is 12.0. The molecule has 0 bridgehead atoms. The Morgan fingerprint density at radius 1 is 0.872 bits per heavy atom. The summed E-state index contributed by atoms with van der Waals surface area (Å²) in [6.45, 7) is 4.57. The van der Waals surface area contributed by atoms with Crippen molar-refractivity contribution in [3.8, 4) is 11.5 Å². The molecule has 0 saturated carbocycles. The minimum atomic E-state index is -0.587. The van der Waals surface area contributed by atoms with Gasteiger partial charge in [0, 0.05) is 29.0 Å². The number of benzene rings is 3. The monoisotopic (exact) mass is 523 g/mol. The first-order chi connectivity index (χ1) is 19.1. The van der Waals surface area contributed by atoms with Gasteiger partial charge in [0.1, 0.15) is 24.7 Å². The normalized spacial score (nSPS) is 18.8. The summed E-state index contributed by atoms with van der Waals surface area (Å²) in [6.07, 6.45) is 1.06. The lowest BCUT2D eigenvalue weighted by molar-refractivity contribution is -0.140. The molecule has 1 aliphatic heterocycles. The maximum atomic E-state index is 13.8. The highest BCUT2D eigenvalue weighted by Crippen LogP contribution is 2.47. The molecule has 6 heteroatoms. The third-order valence-corrected chi connectivity index (χ3v) is 7.18.